The van der Waals surface area contributed by atoms with E-state index in [9.17, 15) is 4.79 Å². The summed E-state index contributed by atoms with van der Waals surface area (Å²) in [6, 6.07) is 11.0. The van der Waals surface area contributed by atoms with E-state index in [-0.39, 0.29) is 0 Å². The number of pyridine rings is 2. The maximum atomic E-state index is 10.8. The standard InChI is InChI=1S/C18H24N4O2/c19-17(18(23)24)9-3-6-12-22(13-15-7-1-4-10-20-15)14-16-8-2-5-11-21-16/h1-2,4-5,7-8,10-11,17H,3,6,9,12-14,19H2,(H,23,24). The lowest BCUT2D eigenvalue weighted by atomic mass is 10.1. The zero-order valence-corrected chi connectivity index (χ0v) is 13.7. The summed E-state index contributed by atoms with van der Waals surface area (Å²) >= 11 is 0. The molecule has 24 heavy (non-hydrogen) atoms. The normalized spacial score (nSPS) is 12.2. The van der Waals surface area contributed by atoms with Crippen molar-refractivity contribution in [2.75, 3.05) is 6.54 Å². The first-order valence-corrected chi connectivity index (χ1v) is 8.15. The van der Waals surface area contributed by atoms with Crippen LogP contribution in [0.3, 0.4) is 0 Å². The van der Waals surface area contributed by atoms with E-state index < -0.39 is 12.0 Å². The van der Waals surface area contributed by atoms with Gasteiger partial charge in [-0.25, -0.2) is 0 Å². The summed E-state index contributed by atoms with van der Waals surface area (Å²) in [5, 5.41) is 8.83. The Kier molecular flexibility index (Phi) is 7.32. The van der Waals surface area contributed by atoms with E-state index in [0.717, 1.165) is 43.9 Å². The highest BCUT2D eigenvalue weighted by Gasteiger charge is 2.12. The van der Waals surface area contributed by atoms with Crippen molar-refractivity contribution in [1.29, 1.82) is 0 Å². The molecule has 0 aliphatic rings. The maximum Gasteiger partial charge on any atom is 0.320 e. The van der Waals surface area contributed by atoms with Crippen molar-refractivity contribution < 1.29 is 9.90 Å². The third-order valence-electron chi connectivity index (χ3n) is 3.78. The fraction of sp³-hybridized carbons (Fsp3) is 0.389. The monoisotopic (exact) mass is 328 g/mol. The Bertz CT molecular complexity index is 565. The van der Waals surface area contributed by atoms with Crippen LogP contribution >= 0.6 is 0 Å². The number of unbranched alkanes of at least 4 members (excludes halogenated alkanes) is 1. The molecule has 0 aliphatic heterocycles. The number of carbonyl (C=O) groups is 1. The second-order valence-electron chi connectivity index (χ2n) is 5.79. The second-order valence-corrected chi connectivity index (χ2v) is 5.79. The summed E-state index contributed by atoms with van der Waals surface area (Å²) < 4.78 is 0. The largest absolute Gasteiger partial charge is 0.480 e. The number of carboxylic acids is 1. The number of aromatic nitrogens is 2. The van der Waals surface area contributed by atoms with E-state index in [2.05, 4.69) is 14.9 Å². The van der Waals surface area contributed by atoms with Gasteiger partial charge in [0.25, 0.3) is 0 Å². The average molecular weight is 328 g/mol. The Morgan fingerprint density at radius 1 is 1.04 bits per heavy atom. The van der Waals surface area contributed by atoms with Gasteiger partial charge in [-0.3, -0.25) is 19.7 Å². The van der Waals surface area contributed by atoms with Crippen molar-refractivity contribution in [1.82, 2.24) is 14.9 Å². The van der Waals surface area contributed by atoms with Crippen molar-refractivity contribution in [2.24, 2.45) is 5.73 Å². The predicted molar refractivity (Wildman–Crippen MR) is 92.1 cm³/mol. The molecule has 2 rings (SSSR count). The van der Waals surface area contributed by atoms with Crippen molar-refractivity contribution >= 4 is 5.97 Å². The van der Waals surface area contributed by atoms with Crippen LogP contribution in [-0.2, 0) is 17.9 Å². The van der Waals surface area contributed by atoms with Gasteiger partial charge in [-0.15, -0.1) is 0 Å². The van der Waals surface area contributed by atoms with Gasteiger partial charge < -0.3 is 10.8 Å². The van der Waals surface area contributed by atoms with Crippen LogP contribution in [0.2, 0.25) is 0 Å². The van der Waals surface area contributed by atoms with Gasteiger partial charge in [0, 0.05) is 25.5 Å². The quantitative estimate of drug-likeness (QED) is 0.649. The van der Waals surface area contributed by atoms with Crippen LogP contribution in [0, 0.1) is 0 Å². The molecule has 0 amide bonds. The van der Waals surface area contributed by atoms with Crippen LogP contribution in [0.1, 0.15) is 30.7 Å². The summed E-state index contributed by atoms with van der Waals surface area (Å²) in [5.74, 6) is -0.936. The molecular formula is C18H24N4O2. The molecule has 0 fully saturated rings. The van der Waals surface area contributed by atoms with Crippen LogP contribution in [0.15, 0.2) is 48.8 Å². The Morgan fingerprint density at radius 3 is 2.08 bits per heavy atom. The lowest BCUT2D eigenvalue weighted by Gasteiger charge is -2.21. The van der Waals surface area contributed by atoms with E-state index in [4.69, 9.17) is 10.8 Å². The van der Waals surface area contributed by atoms with Gasteiger partial charge >= 0.3 is 5.97 Å². The number of hydrogen-bond acceptors (Lipinski definition) is 5. The molecule has 0 aromatic carbocycles. The molecular weight excluding hydrogens is 304 g/mol. The summed E-state index contributed by atoms with van der Waals surface area (Å²) in [6.45, 7) is 2.32. The first-order valence-electron chi connectivity index (χ1n) is 8.15. The molecule has 2 aromatic rings. The molecule has 6 nitrogen and oxygen atoms in total. The van der Waals surface area contributed by atoms with Gasteiger partial charge in [-0.2, -0.15) is 0 Å². The lowest BCUT2D eigenvalue weighted by molar-refractivity contribution is -0.138. The van der Waals surface area contributed by atoms with E-state index in [0.29, 0.717) is 6.42 Å². The average Bonchev–Trinajstić information content (AvgIpc) is 2.60. The SMILES string of the molecule is NC(CCCCN(Cc1ccccn1)Cc1ccccn1)C(=O)O. The number of rotatable bonds is 10. The third-order valence-corrected chi connectivity index (χ3v) is 3.78. The zero-order valence-electron chi connectivity index (χ0n) is 13.7. The fourth-order valence-electron chi connectivity index (χ4n) is 2.48. The van der Waals surface area contributed by atoms with Gasteiger partial charge in [0.05, 0.1) is 11.4 Å². The number of nitrogens with zero attached hydrogens (tertiary/aromatic N) is 3. The molecule has 2 heterocycles. The molecule has 0 aliphatic carbocycles. The van der Waals surface area contributed by atoms with Crippen molar-refractivity contribution in [3.63, 3.8) is 0 Å². The van der Waals surface area contributed by atoms with Crippen molar-refractivity contribution in [3.05, 3.63) is 60.2 Å². The first kappa shape index (κ1) is 18.0. The fourth-order valence-corrected chi connectivity index (χ4v) is 2.48. The Hall–Kier alpha value is -2.31. The molecule has 0 saturated heterocycles. The minimum absolute atomic E-state index is 0.496. The summed E-state index contributed by atoms with van der Waals surface area (Å²) in [4.78, 5) is 21.8. The van der Waals surface area contributed by atoms with Crippen LogP contribution in [0.4, 0.5) is 0 Å². The second kappa shape index (κ2) is 9.75. The molecule has 0 spiro atoms. The summed E-state index contributed by atoms with van der Waals surface area (Å²) in [7, 11) is 0. The van der Waals surface area contributed by atoms with Crippen LogP contribution in [0.25, 0.3) is 0 Å². The molecule has 1 atom stereocenters. The minimum atomic E-state index is -0.936. The van der Waals surface area contributed by atoms with Crippen LogP contribution < -0.4 is 5.73 Å². The molecule has 1 unspecified atom stereocenters. The topological polar surface area (TPSA) is 92.3 Å². The van der Waals surface area contributed by atoms with E-state index in [1.54, 1.807) is 12.4 Å². The van der Waals surface area contributed by atoms with Gasteiger partial charge in [0.15, 0.2) is 0 Å². The van der Waals surface area contributed by atoms with Gasteiger partial charge in [-0.05, 0) is 43.7 Å². The number of carboxylic acid groups (broad SMARTS) is 1. The Morgan fingerprint density at radius 2 is 1.62 bits per heavy atom. The number of hydrogen-bond donors (Lipinski definition) is 2. The minimum Gasteiger partial charge on any atom is -0.480 e. The predicted octanol–water partition coefficient (Wildman–Crippen LogP) is 2.06. The zero-order chi connectivity index (χ0) is 17.2. The van der Waals surface area contributed by atoms with Gasteiger partial charge in [0.2, 0.25) is 0 Å². The molecule has 0 bridgehead atoms. The van der Waals surface area contributed by atoms with Gasteiger partial charge in [-0.1, -0.05) is 18.6 Å². The van der Waals surface area contributed by atoms with Crippen molar-refractivity contribution in [2.45, 2.75) is 38.4 Å². The Balaban J connectivity index is 1.88. The molecule has 0 radical (unpaired) electrons. The highest BCUT2D eigenvalue weighted by molar-refractivity contribution is 5.72. The highest BCUT2D eigenvalue weighted by Crippen LogP contribution is 2.09. The van der Waals surface area contributed by atoms with E-state index in [1.165, 1.54) is 0 Å². The van der Waals surface area contributed by atoms with E-state index >= 15 is 0 Å². The molecule has 3 N–H and O–H groups in total. The summed E-state index contributed by atoms with van der Waals surface area (Å²) in [5.41, 5.74) is 7.57. The first-order chi connectivity index (χ1) is 11.6. The van der Waals surface area contributed by atoms with Gasteiger partial charge in [0.1, 0.15) is 6.04 Å². The van der Waals surface area contributed by atoms with Crippen molar-refractivity contribution in [3.8, 4) is 0 Å². The molecule has 6 heteroatoms. The van der Waals surface area contributed by atoms with Crippen LogP contribution in [0.5, 0.6) is 0 Å². The van der Waals surface area contributed by atoms with Crippen LogP contribution in [-0.4, -0.2) is 38.5 Å². The lowest BCUT2D eigenvalue weighted by Crippen LogP contribution is -2.30. The summed E-state index contributed by atoms with van der Waals surface area (Å²) in [6.07, 6.45) is 5.76. The molecule has 128 valence electrons. The third kappa shape index (κ3) is 6.44. The smallest absolute Gasteiger partial charge is 0.320 e. The van der Waals surface area contributed by atoms with E-state index in [1.807, 2.05) is 36.4 Å². The number of nitrogens with two attached hydrogens (primary N) is 1. The molecule has 0 saturated carbocycles. The maximum absolute atomic E-state index is 10.8. The Labute approximate surface area is 142 Å². The molecule has 2 aromatic heterocycles. The number of aliphatic carboxylic acids is 1. The highest BCUT2D eigenvalue weighted by atomic mass is 16.4.